The lowest BCUT2D eigenvalue weighted by Gasteiger charge is -2.30. The van der Waals surface area contributed by atoms with Crippen molar-refractivity contribution in [3.05, 3.63) is 23.9 Å². The molecule has 2 heterocycles. The van der Waals surface area contributed by atoms with E-state index in [1.807, 2.05) is 12.1 Å². The topological polar surface area (TPSA) is 76.8 Å². The van der Waals surface area contributed by atoms with E-state index in [2.05, 4.69) is 10.00 Å². The summed E-state index contributed by atoms with van der Waals surface area (Å²) in [5, 5.41) is 13.2. The van der Waals surface area contributed by atoms with Crippen LogP contribution in [0.3, 0.4) is 0 Å². The van der Waals surface area contributed by atoms with Crippen LogP contribution in [0.15, 0.2) is 18.2 Å². The van der Waals surface area contributed by atoms with Crippen molar-refractivity contribution in [2.45, 2.75) is 19.3 Å². The zero-order chi connectivity index (χ0) is 18.0. The quantitative estimate of drug-likeness (QED) is 0.898. The van der Waals surface area contributed by atoms with E-state index in [4.69, 9.17) is 9.47 Å². The maximum absolute atomic E-state index is 11.2. The van der Waals surface area contributed by atoms with Gasteiger partial charge in [0.25, 0.3) is 0 Å². The third-order valence-corrected chi connectivity index (χ3v) is 4.57. The van der Waals surface area contributed by atoms with Gasteiger partial charge in [-0.1, -0.05) is 0 Å². The second kappa shape index (κ2) is 7.04. The Kier molecular flexibility index (Phi) is 4.83. The van der Waals surface area contributed by atoms with Crippen molar-refractivity contribution >= 4 is 11.7 Å². The van der Waals surface area contributed by atoms with E-state index in [0.717, 1.165) is 42.9 Å². The van der Waals surface area contributed by atoms with Gasteiger partial charge < -0.3 is 19.5 Å². The Balaban J connectivity index is 2.09. The van der Waals surface area contributed by atoms with Gasteiger partial charge in [0.05, 0.1) is 25.6 Å². The number of carboxylic acids is 1. The number of rotatable bonds is 5. The lowest BCUT2D eigenvalue weighted by molar-refractivity contribution is 0.0689. The van der Waals surface area contributed by atoms with Gasteiger partial charge in [0.2, 0.25) is 0 Å². The molecule has 1 aliphatic rings. The van der Waals surface area contributed by atoms with Crippen LogP contribution in [0.25, 0.3) is 11.3 Å². The summed E-state index contributed by atoms with van der Waals surface area (Å²) in [6, 6.07) is 5.40. The second-order valence-electron chi connectivity index (χ2n) is 6.12. The summed E-state index contributed by atoms with van der Waals surface area (Å²) < 4.78 is 12.7. The molecule has 25 heavy (non-hydrogen) atoms. The van der Waals surface area contributed by atoms with Crippen molar-refractivity contribution in [2.75, 3.05) is 32.2 Å². The van der Waals surface area contributed by atoms with Gasteiger partial charge in [-0.25, -0.2) is 4.79 Å². The fourth-order valence-corrected chi connectivity index (χ4v) is 3.29. The standard InChI is InChI=1S/C18H23N3O4/c1-20-14(10-13(19-20)18(22)23)12-9-17(25-3)15(11-16(12)24-2)21-7-5-4-6-8-21/h9-11H,4-8H2,1-3H3,(H,22,23). The van der Waals surface area contributed by atoms with E-state index in [0.29, 0.717) is 11.4 Å². The highest BCUT2D eigenvalue weighted by molar-refractivity contribution is 5.88. The lowest BCUT2D eigenvalue weighted by atomic mass is 10.1. The summed E-state index contributed by atoms with van der Waals surface area (Å²) in [4.78, 5) is 13.5. The Morgan fingerprint density at radius 3 is 2.32 bits per heavy atom. The molecule has 0 unspecified atom stereocenters. The summed E-state index contributed by atoms with van der Waals surface area (Å²) in [6.07, 6.45) is 3.58. The molecule has 1 fully saturated rings. The van der Waals surface area contributed by atoms with Crippen LogP contribution in [-0.4, -0.2) is 48.2 Å². The molecular weight excluding hydrogens is 322 g/mol. The third kappa shape index (κ3) is 3.26. The molecule has 0 aliphatic carbocycles. The van der Waals surface area contributed by atoms with Gasteiger partial charge in [-0.15, -0.1) is 0 Å². The molecule has 134 valence electrons. The molecule has 2 aromatic rings. The molecule has 7 nitrogen and oxygen atoms in total. The van der Waals surface area contributed by atoms with Crippen molar-refractivity contribution in [1.29, 1.82) is 0 Å². The number of aromatic nitrogens is 2. The first kappa shape index (κ1) is 17.1. The van der Waals surface area contributed by atoms with E-state index in [1.54, 1.807) is 32.0 Å². The van der Waals surface area contributed by atoms with Crippen LogP contribution in [0.5, 0.6) is 11.5 Å². The van der Waals surface area contributed by atoms with E-state index in [9.17, 15) is 9.90 Å². The smallest absolute Gasteiger partial charge is 0.356 e. The molecule has 0 radical (unpaired) electrons. The van der Waals surface area contributed by atoms with Crippen LogP contribution in [0.1, 0.15) is 29.8 Å². The first-order valence-corrected chi connectivity index (χ1v) is 8.34. The van der Waals surface area contributed by atoms with Crippen molar-refractivity contribution in [1.82, 2.24) is 9.78 Å². The molecule has 1 aromatic heterocycles. The first-order valence-electron chi connectivity index (χ1n) is 8.34. The average Bonchev–Trinajstić information content (AvgIpc) is 3.03. The lowest BCUT2D eigenvalue weighted by Crippen LogP contribution is -2.29. The van der Waals surface area contributed by atoms with Gasteiger partial charge in [-0.3, -0.25) is 4.68 Å². The van der Waals surface area contributed by atoms with Gasteiger partial charge in [0.15, 0.2) is 5.69 Å². The van der Waals surface area contributed by atoms with Crippen LogP contribution >= 0.6 is 0 Å². The van der Waals surface area contributed by atoms with Gasteiger partial charge in [0, 0.05) is 31.8 Å². The minimum absolute atomic E-state index is 0.00127. The van der Waals surface area contributed by atoms with Crippen molar-refractivity contribution < 1.29 is 19.4 Å². The highest BCUT2D eigenvalue weighted by Gasteiger charge is 2.22. The number of aryl methyl sites for hydroxylation is 1. The minimum atomic E-state index is -1.06. The van der Waals surface area contributed by atoms with E-state index >= 15 is 0 Å². The zero-order valence-electron chi connectivity index (χ0n) is 14.8. The number of carbonyl (C=O) groups is 1. The molecule has 0 bridgehead atoms. The van der Waals surface area contributed by atoms with Crippen LogP contribution in [0, 0.1) is 0 Å². The number of aromatic carboxylic acids is 1. The molecular formula is C18H23N3O4. The fourth-order valence-electron chi connectivity index (χ4n) is 3.29. The number of anilines is 1. The number of hydrogen-bond donors (Lipinski definition) is 1. The summed E-state index contributed by atoms with van der Waals surface area (Å²) in [6.45, 7) is 1.99. The molecule has 1 aliphatic heterocycles. The number of ether oxygens (including phenoxy) is 2. The molecule has 1 N–H and O–H groups in total. The summed E-state index contributed by atoms with van der Waals surface area (Å²) in [5.41, 5.74) is 2.42. The molecule has 1 aromatic carbocycles. The maximum atomic E-state index is 11.2. The predicted octanol–water partition coefficient (Wildman–Crippen LogP) is 2.79. The normalized spacial score (nSPS) is 14.4. The fraction of sp³-hybridized carbons (Fsp3) is 0.444. The Morgan fingerprint density at radius 2 is 1.76 bits per heavy atom. The second-order valence-corrected chi connectivity index (χ2v) is 6.12. The molecule has 3 rings (SSSR count). The number of benzene rings is 1. The summed E-state index contributed by atoms with van der Waals surface area (Å²) >= 11 is 0. The van der Waals surface area contributed by atoms with Gasteiger partial charge in [0.1, 0.15) is 11.5 Å². The first-order chi connectivity index (χ1) is 12.0. The summed E-state index contributed by atoms with van der Waals surface area (Å²) in [5.74, 6) is 0.356. The number of nitrogens with zero attached hydrogens (tertiary/aromatic N) is 3. The Morgan fingerprint density at radius 1 is 1.08 bits per heavy atom. The number of piperidine rings is 1. The zero-order valence-corrected chi connectivity index (χ0v) is 14.8. The van der Waals surface area contributed by atoms with Crippen molar-refractivity contribution in [3.8, 4) is 22.8 Å². The van der Waals surface area contributed by atoms with Gasteiger partial charge in [-0.2, -0.15) is 5.10 Å². The number of methoxy groups -OCH3 is 2. The maximum Gasteiger partial charge on any atom is 0.356 e. The van der Waals surface area contributed by atoms with Crippen LogP contribution < -0.4 is 14.4 Å². The molecule has 0 amide bonds. The van der Waals surface area contributed by atoms with Crippen LogP contribution in [-0.2, 0) is 7.05 Å². The Labute approximate surface area is 146 Å². The molecule has 0 atom stereocenters. The minimum Gasteiger partial charge on any atom is -0.496 e. The SMILES string of the molecule is COc1cc(N2CCCCC2)c(OC)cc1-c1cc(C(=O)O)nn1C. The van der Waals surface area contributed by atoms with Crippen molar-refractivity contribution in [2.24, 2.45) is 7.05 Å². The third-order valence-electron chi connectivity index (χ3n) is 4.57. The Hall–Kier alpha value is -2.70. The molecule has 7 heteroatoms. The van der Waals surface area contributed by atoms with Crippen molar-refractivity contribution in [3.63, 3.8) is 0 Å². The Bertz CT molecular complexity index is 779. The number of carboxylic acid groups (broad SMARTS) is 1. The number of hydrogen-bond acceptors (Lipinski definition) is 5. The monoisotopic (exact) mass is 345 g/mol. The van der Waals surface area contributed by atoms with E-state index in [1.165, 1.54) is 6.42 Å². The van der Waals surface area contributed by atoms with Gasteiger partial charge in [-0.05, 0) is 31.4 Å². The van der Waals surface area contributed by atoms with E-state index < -0.39 is 5.97 Å². The van der Waals surface area contributed by atoms with Gasteiger partial charge >= 0.3 is 5.97 Å². The van der Waals surface area contributed by atoms with E-state index in [-0.39, 0.29) is 5.69 Å². The molecule has 0 spiro atoms. The van der Waals surface area contributed by atoms with Crippen LogP contribution in [0.2, 0.25) is 0 Å². The molecule has 1 saturated heterocycles. The highest BCUT2D eigenvalue weighted by atomic mass is 16.5. The predicted molar refractivity (Wildman–Crippen MR) is 94.8 cm³/mol. The summed E-state index contributed by atoms with van der Waals surface area (Å²) in [7, 11) is 4.97. The highest BCUT2D eigenvalue weighted by Crippen LogP contribution is 2.41. The largest absolute Gasteiger partial charge is 0.496 e. The molecule has 0 saturated carbocycles. The average molecular weight is 345 g/mol. The van der Waals surface area contributed by atoms with Crippen LogP contribution in [0.4, 0.5) is 5.69 Å².